The van der Waals surface area contributed by atoms with Crippen molar-refractivity contribution in [2.24, 2.45) is 0 Å². The molecule has 2 heterocycles. The van der Waals surface area contributed by atoms with Crippen molar-refractivity contribution in [2.45, 2.75) is 41.7 Å². The van der Waals surface area contributed by atoms with Gasteiger partial charge >= 0.3 is 0 Å². The maximum absolute atomic E-state index is 11.5. The summed E-state index contributed by atoms with van der Waals surface area (Å²) in [7, 11) is 4.14. The highest BCUT2D eigenvalue weighted by Gasteiger charge is 2.40. The molecule has 1 aliphatic rings. The normalized spacial score (nSPS) is 31.8. The highest BCUT2D eigenvalue weighted by molar-refractivity contribution is 7.99. The summed E-state index contributed by atoms with van der Waals surface area (Å²) >= 11 is 1.44. The lowest BCUT2D eigenvalue weighted by molar-refractivity contribution is -0.0211. The first kappa shape index (κ1) is 14.9. The van der Waals surface area contributed by atoms with Gasteiger partial charge in [0.25, 0.3) is 0 Å². The SMILES string of the molecule is CC1CC(N(C)C)C(P=O)C(Sc2ncccn2)O1. The van der Waals surface area contributed by atoms with Gasteiger partial charge in [0.15, 0.2) is 13.6 Å². The second-order valence-corrected chi connectivity index (χ2v) is 6.70. The lowest BCUT2D eigenvalue weighted by Gasteiger charge is -2.40. The van der Waals surface area contributed by atoms with Gasteiger partial charge in [-0.2, -0.15) is 0 Å². The molecule has 5 nitrogen and oxygen atoms in total. The minimum Gasteiger partial charge on any atom is -0.363 e. The molecule has 0 spiro atoms. The minimum absolute atomic E-state index is 0.0694. The Morgan fingerprint density at radius 1 is 1.42 bits per heavy atom. The minimum atomic E-state index is -0.183. The first-order chi connectivity index (χ1) is 9.11. The van der Waals surface area contributed by atoms with E-state index in [1.54, 1.807) is 18.5 Å². The third-order valence-corrected chi connectivity index (χ3v) is 5.28. The predicted molar refractivity (Wildman–Crippen MR) is 75.7 cm³/mol. The Bertz CT molecular complexity index is 421. The monoisotopic (exact) mass is 299 g/mol. The number of nitrogens with zero attached hydrogens (tertiary/aromatic N) is 3. The summed E-state index contributed by atoms with van der Waals surface area (Å²) in [4.78, 5) is 10.5. The molecule has 1 saturated heterocycles. The fraction of sp³-hybridized carbons (Fsp3) is 0.667. The van der Waals surface area contributed by atoms with Crippen LogP contribution in [0.1, 0.15) is 13.3 Å². The summed E-state index contributed by atoms with van der Waals surface area (Å²) < 4.78 is 17.4. The molecule has 1 aromatic rings. The van der Waals surface area contributed by atoms with Crippen molar-refractivity contribution in [3.05, 3.63) is 18.5 Å². The molecular weight excluding hydrogens is 281 g/mol. The Labute approximate surface area is 119 Å². The molecule has 1 aliphatic heterocycles. The van der Waals surface area contributed by atoms with Crippen LogP contribution in [0.25, 0.3) is 0 Å². The van der Waals surface area contributed by atoms with E-state index in [9.17, 15) is 4.57 Å². The van der Waals surface area contributed by atoms with Gasteiger partial charge in [-0.25, -0.2) is 9.97 Å². The van der Waals surface area contributed by atoms with Crippen LogP contribution in [0, 0.1) is 0 Å². The second kappa shape index (κ2) is 6.75. The Kier molecular flexibility index (Phi) is 5.28. The number of aromatic nitrogens is 2. The fourth-order valence-electron chi connectivity index (χ4n) is 2.21. The van der Waals surface area contributed by atoms with E-state index in [1.165, 1.54) is 11.8 Å². The second-order valence-electron chi connectivity index (χ2n) is 4.83. The van der Waals surface area contributed by atoms with Crippen LogP contribution in [0.5, 0.6) is 0 Å². The van der Waals surface area contributed by atoms with Gasteiger partial charge in [0, 0.05) is 18.4 Å². The number of ether oxygens (including phenoxy) is 1. The van der Waals surface area contributed by atoms with Crippen molar-refractivity contribution in [1.29, 1.82) is 0 Å². The molecule has 2 rings (SSSR count). The van der Waals surface area contributed by atoms with Gasteiger partial charge in [0.1, 0.15) is 5.44 Å². The highest BCUT2D eigenvalue weighted by Crippen LogP contribution is 2.38. The van der Waals surface area contributed by atoms with Crippen LogP contribution in [-0.4, -0.2) is 52.2 Å². The van der Waals surface area contributed by atoms with E-state index in [2.05, 4.69) is 14.9 Å². The molecular formula is C12H18N3O2PS. The van der Waals surface area contributed by atoms with Gasteiger partial charge in [-0.1, -0.05) is 11.8 Å². The molecule has 4 unspecified atom stereocenters. The maximum Gasteiger partial charge on any atom is 0.190 e. The topological polar surface area (TPSA) is 55.3 Å². The summed E-state index contributed by atoms with van der Waals surface area (Å²) in [6.45, 7) is 2.05. The van der Waals surface area contributed by atoms with Crippen LogP contribution in [0.3, 0.4) is 0 Å². The summed E-state index contributed by atoms with van der Waals surface area (Å²) in [6, 6.07) is 2.02. The van der Waals surface area contributed by atoms with E-state index in [1.807, 2.05) is 21.0 Å². The van der Waals surface area contributed by atoms with Crippen LogP contribution in [0.15, 0.2) is 23.6 Å². The van der Waals surface area contributed by atoms with E-state index in [4.69, 9.17) is 4.74 Å². The van der Waals surface area contributed by atoms with Crippen molar-refractivity contribution < 1.29 is 9.30 Å². The van der Waals surface area contributed by atoms with Crippen LogP contribution in [0.4, 0.5) is 0 Å². The molecule has 4 atom stereocenters. The summed E-state index contributed by atoms with van der Waals surface area (Å²) in [6.07, 6.45) is 4.44. The molecule has 1 aromatic heterocycles. The van der Waals surface area contributed by atoms with Gasteiger partial charge in [-0.15, -0.1) is 0 Å². The average Bonchev–Trinajstić information content (AvgIpc) is 2.39. The van der Waals surface area contributed by atoms with Crippen LogP contribution >= 0.6 is 20.2 Å². The maximum atomic E-state index is 11.5. The molecule has 0 bridgehead atoms. The van der Waals surface area contributed by atoms with Crippen molar-refractivity contribution >= 4 is 20.2 Å². The fourth-order valence-corrected chi connectivity index (χ4v) is 4.26. The smallest absolute Gasteiger partial charge is 0.190 e. The Morgan fingerprint density at radius 3 is 2.68 bits per heavy atom. The number of thioether (sulfide) groups is 1. The number of hydrogen-bond acceptors (Lipinski definition) is 6. The number of rotatable bonds is 4. The Morgan fingerprint density at radius 2 is 2.11 bits per heavy atom. The van der Waals surface area contributed by atoms with Crippen LogP contribution in [-0.2, 0) is 9.30 Å². The average molecular weight is 299 g/mol. The molecule has 7 heteroatoms. The van der Waals surface area contributed by atoms with E-state index in [-0.39, 0.29) is 31.7 Å². The summed E-state index contributed by atoms with van der Waals surface area (Å²) in [5.41, 5.74) is -0.252. The highest BCUT2D eigenvalue weighted by atomic mass is 32.2. The third-order valence-electron chi connectivity index (χ3n) is 3.16. The van der Waals surface area contributed by atoms with Crippen molar-refractivity contribution in [3.63, 3.8) is 0 Å². The third kappa shape index (κ3) is 3.72. The van der Waals surface area contributed by atoms with E-state index in [0.717, 1.165) is 6.42 Å². The standard InChI is InChI=1S/C12H18N3O2PS/c1-8-7-9(15(2)3)10(18-16)11(17-8)19-12-13-5-4-6-14-12/h4-6,8-11H,7H2,1-3H3. The van der Waals surface area contributed by atoms with Gasteiger partial charge in [-0.05, 0) is 33.5 Å². The first-order valence-corrected chi connectivity index (χ1v) is 7.96. The lowest BCUT2D eigenvalue weighted by Crippen LogP contribution is -2.49. The van der Waals surface area contributed by atoms with E-state index in [0.29, 0.717) is 5.16 Å². The molecule has 0 N–H and O–H groups in total. The zero-order valence-electron chi connectivity index (χ0n) is 11.3. The largest absolute Gasteiger partial charge is 0.363 e. The zero-order valence-corrected chi connectivity index (χ0v) is 13.0. The van der Waals surface area contributed by atoms with Crippen LogP contribution < -0.4 is 0 Å². The van der Waals surface area contributed by atoms with E-state index >= 15 is 0 Å². The Balaban J connectivity index is 2.14. The lowest BCUT2D eigenvalue weighted by atomic mass is 10.0. The van der Waals surface area contributed by atoms with Crippen LogP contribution in [0.2, 0.25) is 0 Å². The molecule has 19 heavy (non-hydrogen) atoms. The summed E-state index contributed by atoms with van der Waals surface area (Å²) in [5, 5.41) is 0.660. The molecule has 0 amide bonds. The van der Waals surface area contributed by atoms with Gasteiger partial charge in [0.2, 0.25) is 0 Å². The zero-order chi connectivity index (χ0) is 13.8. The van der Waals surface area contributed by atoms with Crippen molar-refractivity contribution in [3.8, 4) is 0 Å². The van der Waals surface area contributed by atoms with Gasteiger partial charge < -0.3 is 9.64 Å². The summed E-state index contributed by atoms with van der Waals surface area (Å²) in [5.74, 6) is 0. The quantitative estimate of drug-likeness (QED) is 0.628. The molecule has 1 fully saturated rings. The molecule has 0 aromatic carbocycles. The van der Waals surface area contributed by atoms with Crippen molar-refractivity contribution in [2.75, 3.05) is 14.1 Å². The van der Waals surface area contributed by atoms with Crippen molar-refractivity contribution in [1.82, 2.24) is 14.9 Å². The molecule has 0 radical (unpaired) electrons. The number of hydrogen-bond donors (Lipinski definition) is 0. The molecule has 104 valence electrons. The molecule has 0 saturated carbocycles. The predicted octanol–water partition coefficient (Wildman–Crippen LogP) is 2.29. The Hall–Kier alpha value is -0.550. The van der Waals surface area contributed by atoms with Gasteiger partial charge in [-0.3, -0.25) is 4.57 Å². The molecule has 0 aliphatic carbocycles. The first-order valence-electron chi connectivity index (χ1n) is 6.20. The van der Waals surface area contributed by atoms with E-state index < -0.39 is 0 Å². The van der Waals surface area contributed by atoms with Gasteiger partial charge in [0.05, 0.1) is 11.8 Å².